The third-order valence-electron chi connectivity index (χ3n) is 5.34. The maximum absolute atomic E-state index is 13.0. The molecule has 6 nitrogen and oxygen atoms in total. The van der Waals surface area contributed by atoms with Crippen molar-refractivity contribution in [3.8, 4) is 0 Å². The Bertz CT molecular complexity index is 1210. The Morgan fingerprint density at radius 3 is 2.53 bits per heavy atom. The third kappa shape index (κ3) is 4.03. The molecule has 0 N–H and O–H groups in total. The highest BCUT2D eigenvalue weighted by molar-refractivity contribution is 7.99. The number of nitrogens with zero attached hydrogens (tertiary/aromatic N) is 5. The van der Waals surface area contributed by atoms with Crippen LogP contribution < -0.4 is 0 Å². The van der Waals surface area contributed by atoms with Gasteiger partial charge in [0.2, 0.25) is 0 Å². The highest BCUT2D eigenvalue weighted by Crippen LogP contribution is 2.22. The van der Waals surface area contributed by atoms with Crippen molar-refractivity contribution in [1.29, 1.82) is 0 Å². The Hall–Kier alpha value is -2.93. The highest BCUT2D eigenvalue weighted by Gasteiger charge is 2.18. The molecule has 30 heavy (non-hydrogen) atoms. The molecule has 0 atom stereocenters. The van der Waals surface area contributed by atoms with Crippen LogP contribution in [-0.2, 0) is 13.0 Å². The van der Waals surface area contributed by atoms with Crippen molar-refractivity contribution in [2.24, 2.45) is 0 Å². The minimum Gasteiger partial charge on any atom is -0.348 e. The van der Waals surface area contributed by atoms with E-state index in [-0.39, 0.29) is 5.78 Å². The predicted molar refractivity (Wildman–Crippen MR) is 119 cm³/mol. The number of hydrogen-bond donors (Lipinski definition) is 0. The molecule has 4 aromatic rings. The number of rotatable bonds is 7. The van der Waals surface area contributed by atoms with Gasteiger partial charge in [-0.2, -0.15) is 0 Å². The number of Topliss-reactive ketones (excluding diaryl/α,β-unsaturated/α-hetero) is 1. The van der Waals surface area contributed by atoms with Crippen molar-refractivity contribution in [2.45, 2.75) is 45.8 Å². The van der Waals surface area contributed by atoms with Gasteiger partial charge in [-0.05, 0) is 51.8 Å². The van der Waals surface area contributed by atoms with Crippen LogP contribution in [0.25, 0.3) is 5.78 Å². The van der Waals surface area contributed by atoms with E-state index in [1.807, 2.05) is 43.4 Å². The maximum Gasteiger partial charge on any atom is 0.256 e. The van der Waals surface area contributed by atoms with Crippen LogP contribution in [-0.4, -0.2) is 35.7 Å². The van der Waals surface area contributed by atoms with E-state index >= 15 is 0 Å². The molecular formula is C23H25N5OS. The molecule has 0 fully saturated rings. The molecule has 0 saturated carbocycles. The Morgan fingerprint density at radius 1 is 1.00 bits per heavy atom. The molecular weight excluding hydrogens is 394 g/mol. The zero-order valence-electron chi connectivity index (χ0n) is 17.7. The lowest BCUT2D eigenvalue weighted by atomic mass is 10.1. The van der Waals surface area contributed by atoms with Crippen LogP contribution in [0.5, 0.6) is 0 Å². The average molecular weight is 420 g/mol. The van der Waals surface area contributed by atoms with Crippen molar-refractivity contribution in [3.63, 3.8) is 0 Å². The largest absolute Gasteiger partial charge is 0.348 e. The minimum absolute atomic E-state index is 0.105. The van der Waals surface area contributed by atoms with Gasteiger partial charge in [-0.1, -0.05) is 42.1 Å². The molecule has 7 heteroatoms. The number of benzene rings is 1. The summed E-state index contributed by atoms with van der Waals surface area (Å²) in [7, 11) is 0. The minimum atomic E-state index is 0.105. The van der Waals surface area contributed by atoms with E-state index in [0.29, 0.717) is 16.7 Å². The van der Waals surface area contributed by atoms with E-state index in [1.165, 1.54) is 17.3 Å². The second kappa shape index (κ2) is 8.44. The van der Waals surface area contributed by atoms with Crippen LogP contribution in [0.4, 0.5) is 0 Å². The summed E-state index contributed by atoms with van der Waals surface area (Å²) in [5.74, 6) is 0.993. The molecule has 0 spiro atoms. The zero-order valence-corrected chi connectivity index (χ0v) is 18.5. The molecule has 0 amide bonds. The summed E-state index contributed by atoms with van der Waals surface area (Å²) in [6.45, 7) is 8.88. The van der Waals surface area contributed by atoms with Crippen LogP contribution in [0.1, 0.15) is 38.7 Å². The van der Waals surface area contributed by atoms with Crippen molar-refractivity contribution in [3.05, 3.63) is 76.4 Å². The van der Waals surface area contributed by atoms with Crippen LogP contribution in [0.3, 0.4) is 0 Å². The smallest absolute Gasteiger partial charge is 0.256 e. The van der Waals surface area contributed by atoms with Gasteiger partial charge in [0.1, 0.15) is 0 Å². The second-order valence-electron chi connectivity index (χ2n) is 7.54. The molecule has 0 radical (unpaired) electrons. The first-order valence-electron chi connectivity index (χ1n) is 10.00. The summed E-state index contributed by atoms with van der Waals surface area (Å²) in [5, 5.41) is 9.07. The highest BCUT2D eigenvalue weighted by atomic mass is 32.2. The number of ketones is 1. The lowest BCUT2D eigenvalue weighted by Crippen LogP contribution is -2.08. The standard InChI is InChI=1S/C23H25N5OS/c1-15-12-17(3)28-22(24-15)25-26-23(28)30-14-21(29)20-13-16(2)27(18(20)4)11-10-19-8-6-5-7-9-19/h5-9,12-13H,10-11,14H2,1-4H3. The Morgan fingerprint density at radius 2 is 1.77 bits per heavy atom. The molecule has 3 heterocycles. The van der Waals surface area contributed by atoms with Gasteiger partial charge in [0.15, 0.2) is 10.9 Å². The van der Waals surface area contributed by atoms with E-state index in [0.717, 1.165) is 41.3 Å². The van der Waals surface area contributed by atoms with Crippen molar-refractivity contribution in [2.75, 3.05) is 5.75 Å². The number of fused-ring (bicyclic) bond motifs is 1. The van der Waals surface area contributed by atoms with E-state index in [2.05, 4.69) is 50.9 Å². The zero-order chi connectivity index (χ0) is 21.3. The topological polar surface area (TPSA) is 65.1 Å². The average Bonchev–Trinajstić information content (AvgIpc) is 3.26. The van der Waals surface area contributed by atoms with Gasteiger partial charge in [0.25, 0.3) is 5.78 Å². The van der Waals surface area contributed by atoms with Crippen LogP contribution in [0, 0.1) is 27.7 Å². The van der Waals surface area contributed by atoms with Gasteiger partial charge in [0.05, 0.1) is 5.75 Å². The molecule has 0 aliphatic rings. The fourth-order valence-corrected chi connectivity index (χ4v) is 4.68. The van der Waals surface area contributed by atoms with Gasteiger partial charge in [-0.25, -0.2) is 4.98 Å². The molecule has 4 rings (SSSR count). The Kier molecular flexibility index (Phi) is 5.72. The monoisotopic (exact) mass is 419 g/mol. The SMILES string of the molecule is Cc1cc(C)n2c(SCC(=O)c3cc(C)n(CCc4ccccc4)c3C)nnc2n1. The molecule has 0 aliphatic heterocycles. The fourth-order valence-electron chi connectivity index (χ4n) is 3.81. The van der Waals surface area contributed by atoms with Gasteiger partial charge in [0, 0.05) is 34.9 Å². The molecule has 154 valence electrons. The lowest BCUT2D eigenvalue weighted by Gasteiger charge is -2.10. The summed E-state index contributed by atoms with van der Waals surface area (Å²) in [6, 6.07) is 14.4. The number of hydrogen-bond acceptors (Lipinski definition) is 5. The molecule has 3 aromatic heterocycles. The first-order valence-corrected chi connectivity index (χ1v) is 11.0. The van der Waals surface area contributed by atoms with E-state index < -0.39 is 0 Å². The molecule has 0 bridgehead atoms. The summed E-state index contributed by atoms with van der Waals surface area (Å²) in [4.78, 5) is 17.4. The van der Waals surface area contributed by atoms with Gasteiger partial charge in [-0.3, -0.25) is 9.20 Å². The lowest BCUT2D eigenvalue weighted by molar-refractivity contribution is 0.102. The summed E-state index contributed by atoms with van der Waals surface area (Å²) in [5.41, 5.74) is 6.13. The Labute approximate surface area is 180 Å². The van der Waals surface area contributed by atoms with Crippen molar-refractivity contribution < 1.29 is 4.79 Å². The van der Waals surface area contributed by atoms with E-state index in [1.54, 1.807) is 0 Å². The van der Waals surface area contributed by atoms with E-state index in [4.69, 9.17) is 0 Å². The molecule has 0 saturated heterocycles. The first kappa shape index (κ1) is 20.3. The number of aryl methyl sites for hydroxylation is 4. The van der Waals surface area contributed by atoms with Crippen LogP contribution in [0.2, 0.25) is 0 Å². The fraction of sp³-hybridized carbons (Fsp3) is 0.304. The second-order valence-corrected chi connectivity index (χ2v) is 8.48. The first-order chi connectivity index (χ1) is 14.4. The number of carbonyl (C=O) groups is 1. The third-order valence-corrected chi connectivity index (χ3v) is 6.27. The summed E-state index contributed by atoms with van der Waals surface area (Å²) >= 11 is 1.40. The van der Waals surface area contributed by atoms with Crippen molar-refractivity contribution >= 4 is 23.3 Å². The van der Waals surface area contributed by atoms with Crippen LogP contribution >= 0.6 is 11.8 Å². The number of carbonyl (C=O) groups excluding carboxylic acids is 1. The number of thioether (sulfide) groups is 1. The molecule has 0 aliphatic carbocycles. The summed E-state index contributed by atoms with van der Waals surface area (Å²) in [6.07, 6.45) is 0.941. The normalized spacial score (nSPS) is 11.3. The Balaban J connectivity index is 1.48. The van der Waals surface area contributed by atoms with E-state index in [9.17, 15) is 4.79 Å². The molecule has 1 aromatic carbocycles. The number of aromatic nitrogens is 5. The van der Waals surface area contributed by atoms with Gasteiger partial charge in [-0.15, -0.1) is 10.2 Å². The van der Waals surface area contributed by atoms with Gasteiger partial charge >= 0.3 is 0 Å². The summed E-state index contributed by atoms with van der Waals surface area (Å²) < 4.78 is 4.13. The van der Waals surface area contributed by atoms with Gasteiger partial charge < -0.3 is 4.57 Å². The molecule has 0 unspecified atom stereocenters. The quantitative estimate of drug-likeness (QED) is 0.329. The van der Waals surface area contributed by atoms with Crippen LogP contribution in [0.15, 0.2) is 47.6 Å². The maximum atomic E-state index is 13.0. The van der Waals surface area contributed by atoms with Crippen molar-refractivity contribution in [1.82, 2.24) is 24.1 Å². The predicted octanol–water partition coefficient (Wildman–Crippen LogP) is 4.38.